The van der Waals surface area contributed by atoms with Gasteiger partial charge in [0.25, 0.3) is 0 Å². The van der Waals surface area contributed by atoms with Gasteiger partial charge in [0, 0.05) is 0 Å². The summed E-state index contributed by atoms with van der Waals surface area (Å²) in [6.45, 7) is 0. The molecule has 0 spiro atoms. The molecule has 0 aliphatic carbocycles. The first-order chi connectivity index (χ1) is 2.00. The van der Waals surface area contributed by atoms with Crippen LogP contribution in [0.2, 0.25) is 0 Å². The molecule has 0 aromatic heterocycles. The van der Waals surface area contributed by atoms with Gasteiger partial charge in [-0.15, -0.1) is 0 Å². The molecule has 0 radical (unpaired) electrons. The Labute approximate surface area is 44.4 Å². The predicted octanol–water partition coefficient (Wildman–Crippen LogP) is -2.22. The third-order valence-corrected chi connectivity index (χ3v) is 0. The van der Waals surface area contributed by atoms with Crippen LogP contribution < -0.4 is 0 Å². The van der Waals surface area contributed by atoms with E-state index in [1.165, 1.54) is 24.4 Å². The van der Waals surface area contributed by atoms with Crippen LogP contribution >= 0.6 is 0 Å². The van der Waals surface area contributed by atoms with E-state index in [1.54, 1.807) is 0 Å². The van der Waals surface area contributed by atoms with Crippen LogP contribution in [0.1, 0.15) is 0 Å². The van der Waals surface area contributed by atoms with Crippen LogP contribution in [0.4, 0.5) is 0 Å². The first kappa shape index (κ1) is 8.91. The minimum atomic E-state index is 1.44. The Morgan fingerprint density at radius 1 is 1.50 bits per heavy atom. The summed E-state index contributed by atoms with van der Waals surface area (Å²) in [7, 11) is 1.44. The fourth-order valence-corrected chi connectivity index (χ4v) is 0. The molecular weight excluding hydrogens is 127 g/mol. The molecule has 26 valence electrons. The van der Waals surface area contributed by atoms with Crippen molar-refractivity contribution in [3.05, 3.63) is 0 Å². The summed E-state index contributed by atoms with van der Waals surface area (Å²) in [5, 5.41) is 0. The maximum absolute atomic E-state index is 8.00. The quantitative estimate of drug-likeness (QED) is 0.341. The minimum absolute atomic E-state index is 1.44. The Hall–Kier alpha value is 1.07. The summed E-state index contributed by atoms with van der Waals surface area (Å²) in [6.07, 6.45) is 0. The van der Waals surface area contributed by atoms with Gasteiger partial charge in [-0.2, -0.15) is 0 Å². The van der Waals surface area contributed by atoms with Gasteiger partial charge in [0.15, 0.2) is 15.6 Å². The Kier molecular flexibility index (Phi) is 74.7. The number of hydrogen-bond donors (Lipinski definition) is 0. The molecule has 0 atom stereocenters. The third-order valence-electron chi connectivity index (χ3n) is 0. The third kappa shape index (κ3) is 11.5. The average Bonchev–Trinajstić information content (AvgIpc) is 1.50. The molecule has 0 saturated heterocycles. The van der Waals surface area contributed by atoms with Crippen LogP contribution in [0.25, 0.3) is 0 Å². The Morgan fingerprint density at radius 3 is 1.50 bits per heavy atom. The second-order valence-corrected chi connectivity index (χ2v) is 0. The first-order valence-corrected chi connectivity index (χ1v) is 9.60. The molecule has 0 aromatic rings. The van der Waals surface area contributed by atoms with E-state index in [9.17, 15) is 0 Å². The van der Waals surface area contributed by atoms with Crippen molar-refractivity contribution in [2.24, 2.45) is 0 Å². The second-order valence-electron chi connectivity index (χ2n) is 0. The van der Waals surface area contributed by atoms with Gasteiger partial charge in [-0.25, -0.2) is 0 Å². The molecule has 0 rings (SSSR count). The molecule has 4 heteroatoms. The van der Waals surface area contributed by atoms with Crippen LogP contribution in [0.3, 0.4) is 0 Å². The SMILES string of the molecule is [AlH2][SiH3].[O]=[Fe]. The van der Waals surface area contributed by atoms with Gasteiger partial charge < -0.3 is 0 Å². The molecule has 0 saturated carbocycles. The van der Waals surface area contributed by atoms with Crippen molar-refractivity contribution >= 4 is 24.4 Å². The molecule has 4 heavy (non-hydrogen) atoms. The molecule has 0 aliphatic rings. The van der Waals surface area contributed by atoms with Crippen molar-refractivity contribution < 1.29 is 19.8 Å². The average molecular weight is 132 g/mol. The normalized spacial score (nSPS) is 3.25. The summed E-state index contributed by atoms with van der Waals surface area (Å²) in [6, 6.07) is 0. The van der Waals surface area contributed by atoms with Gasteiger partial charge in [0.1, 0.15) is 0 Å². The Bertz CT molecular complexity index is 8.00. The fourth-order valence-electron chi connectivity index (χ4n) is 0. The summed E-state index contributed by atoms with van der Waals surface area (Å²) in [4.78, 5) is 0. The second kappa shape index (κ2) is 33.5. The molecule has 0 amide bonds. The van der Waals surface area contributed by atoms with Gasteiger partial charge in [-0.05, 0) is 0 Å². The van der Waals surface area contributed by atoms with E-state index in [4.69, 9.17) is 3.83 Å². The van der Waals surface area contributed by atoms with Gasteiger partial charge in [0.05, 0.1) is 0 Å². The van der Waals surface area contributed by atoms with Crippen molar-refractivity contribution in [1.29, 1.82) is 0 Å². The van der Waals surface area contributed by atoms with E-state index in [1.807, 2.05) is 15.9 Å². The summed E-state index contributed by atoms with van der Waals surface area (Å²) >= 11 is 3.44. The molecule has 0 aromatic carbocycles. The zero-order chi connectivity index (χ0) is 4.00. The summed E-state index contributed by atoms with van der Waals surface area (Å²) < 4.78 is 8.00. The van der Waals surface area contributed by atoms with E-state index < -0.39 is 0 Å². The van der Waals surface area contributed by atoms with Gasteiger partial charge in [0.2, 0.25) is 0 Å². The van der Waals surface area contributed by atoms with E-state index >= 15 is 0 Å². The zero-order valence-electron chi connectivity index (χ0n) is 2.76. The molecule has 0 heterocycles. The van der Waals surface area contributed by atoms with Crippen LogP contribution in [0.15, 0.2) is 0 Å². The zero-order valence-corrected chi connectivity index (χ0v) is 7.87. The fraction of sp³-hybridized carbons (Fsp3) is 0. The van der Waals surface area contributed by atoms with Crippen LogP contribution in [0, 0.1) is 0 Å². The van der Waals surface area contributed by atoms with E-state index in [2.05, 4.69) is 0 Å². The van der Waals surface area contributed by atoms with Gasteiger partial charge >= 0.3 is 19.8 Å². The van der Waals surface area contributed by atoms with Gasteiger partial charge in [-0.3, -0.25) is 0 Å². The van der Waals surface area contributed by atoms with Crippen molar-refractivity contribution in [2.45, 2.75) is 0 Å². The molecule has 0 bridgehead atoms. The first-order valence-electron chi connectivity index (χ1n) is 1.14. The molecule has 0 N–H and O–H groups in total. The van der Waals surface area contributed by atoms with Crippen molar-refractivity contribution in [3.63, 3.8) is 0 Å². The number of rotatable bonds is 0. The molecule has 1 nitrogen and oxygen atoms in total. The van der Waals surface area contributed by atoms with E-state index in [0.29, 0.717) is 0 Å². The summed E-state index contributed by atoms with van der Waals surface area (Å²) in [5.74, 6) is 0. The van der Waals surface area contributed by atoms with E-state index in [-0.39, 0.29) is 0 Å². The standard InChI is InChI=1S/Al.Fe.O.H3Si.2H/h;;;1H3;;. The topological polar surface area (TPSA) is 17.1 Å². The maximum atomic E-state index is 8.00. The molecule has 0 aliphatic heterocycles. The van der Waals surface area contributed by atoms with Gasteiger partial charge in [-0.1, -0.05) is 8.80 Å². The number of hydrogen-bond acceptors (Lipinski definition) is 1. The van der Waals surface area contributed by atoms with Crippen LogP contribution in [-0.2, 0) is 19.8 Å². The van der Waals surface area contributed by atoms with Crippen molar-refractivity contribution in [1.82, 2.24) is 0 Å². The molecule has 0 unspecified atom stereocenters. The van der Waals surface area contributed by atoms with Crippen LogP contribution in [-0.4, -0.2) is 24.4 Å². The predicted molar refractivity (Wildman–Crippen MR) is 19.2 cm³/mol. The van der Waals surface area contributed by atoms with Crippen molar-refractivity contribution in [3.8, 4) is 0 Å². The monoisotopic (exact) mass is 132 g/mol. The summed E-state index contributed by atoms with van der Waals surface area (Å²) in [5.41, 5.74) is 0. The van der Waals surface area contributed by atoms with E-state index in [0.717, 1.165) is 0 Å². The Morgan fingerprint density at radius 2 is 1.50 bits per heavy atom. The van der Waals surface area contributed by atoms with Crippen LogP contribution in [0.5, 0.6) is 0 Å². The molecule has 0 fully saturated rings. The molecular formula is H5AlFeOSi. The van der Waals surface area contributed by atoms with Crippen molar-refractivity contribution in [2.75, 3.05) is 0 Å². The Balaban J connectivity index is 0.